The summed E-state index contributed by atoms with van der Waals surface area (Å²) in [5.41, 5.74) is 6.45. The molecule has 0 saturated carbocycles. The standard InChI is InChI=1S/C12H17NO5/c1-16-9-4-7(14)5-10(17-2)12(9)8(13)6-11(15)18-3/h4-5,8,14H,6,13H2,1-3H3/t8-/m1/s1. The van der Waals surface area contributed by atoms with Crippen LogP contribution in [0.1, 0.15) is 18.0 Å². The van der Waals surface area contributed by atoms with Crippen molar-refractivity contribution >= 4 is 5.97 Å². The Hall–Kier alpha value is -1.95. The summed E-state index contributed by atoms with van der Waals surface area (Å²) >= 11 is 0. The van der Waals surface area contributed by atoms with Crippen LogP contribution in [-0.4, -0.2) is 32.4 Å². The van der Waals surface area contributed by atoms with Gasteiger partial charge in [0.15, 0.2) is 0 Å². The van der Waals surface area contributed by atoms with Crippen LogP contribution in [-0.2, 0) is 9.53 Å². The first-order valence-corrected chi connectivity index (χ1v) is 5.30. The molecule has 6 nitrogen and oxygen atoms in total. The molecule has 0 aliphatic carbocycles. The number of hydrogen-bond donors (Lipinski definition) is 2. The average molecular weight is 255 g/mol. The molecule has 6 heteroatoms. The Balaban J connectivity index is 3.15. The van der Waals surface area contributed by atoms with Gasteiger partial charge in [-0.1, -0.05) is 0 Å². The summed E-state index contributed by atoms with van der Waals surface area (Å²) in [4.78, 5) is 11.2. The number of phenols is 1. The van der Waals surface area contributed by atoms with E-state index in [-0.39, 0.29) is 12.2 Å². The van der Waals surface area contributed by atoms with Crippen molar-refractivity contribution in [1.29, 1.82) is 0 Å². The predicted molar refractivity (Wildman–Crippen MR) is 64.8 cm³/mol. The van der Waals surface area contributed by atoms with Crippen molar-refractivity contribution in [3.05, 3.63) is 17.7 Å². The summed E-state index contributed by atoms with van der Waals surface area (Å²) in [6, 6.07) is 2.19. The van der Waals surface area contributed by atoms with Gasteiger partial charge < -0.3 is 25.1 Å². The van der Waals surface area contributed by atoms with E-state index in [4.69, 9.17) is 15.2 Å². The molecule has 1 aromatic rings. The third kappa shape index (κ3) is 3.04. The largest absolute Gasteiger partial charge is 0.508 e. The van der Waals surface area contributed by atoms with E-state index in [1.807, 2.05) is 0 Å². The van der Waals surface area contributed by atoms with Gasteiger partial charge in [-0.25, -0.2) is 0 Å². The summed E-state index contributed by atoms with van der Waals surface area (Å²) in [6.07, 6.45) is -0.00596. The zero-order chi connectivity index (χ0) is 13.7. The molecule has 0 radical (unpaired) electrons. The van der Waals surface area contributed by atoms with Crippen molar-refractivity contribution in [3.63, 3.8) is 0 Å². The second-order valence-corrected chi connectivity index (χ2v) is 3.65. The highest BCUT2D eigenvalue weighted by Crippen LogP contribution is 2.38. The maximum absolute atomic E-state index is 11.2. The first kappa shape index (κ1) is 14.1. The number of hydrogen-bond acceptors (Lipinski definition) is 6. The second kappa shape index (κ2) is 6.11. The number of carbonyl (C=O) groups is 1. The number of ether oxygens (including phenoxy) is 3. The van der Waals surface area contributed by atoms with E-state index in [1.165, 1.54) is 33.5 Å². The summed E-state index contributed by atoms with van der Waals surface area (Å²) in [6.45, 7) is 0. The molecular weight excluding hydrogens is 238 g/mol. The van der Waals surface area contributed by atoms with Crippen molar-refractivity contribution in [2.75, 3.05) is 21.3 Å². The summed E-state index contributed by atoms with van der Waals surface area (Å²) in [5.74, 6) is 0.295. The Morgan fingerprint density at radius 2 is 1.78 bits per heavy atom. The van der Waals surface area contributed by atoms with E-state index in [9.17, 15) is 9.90 Å². The average Bonchev–Trinajstić information content (AvgIpc) is 2.36. The van der Waals surface area contributed by atoms with Crippen molar-refractivity contribution in [1.82, 2.24) is 0 Å². The number of rotatable bonds is 5. The van der Waals surface area contributed by atoms with E-state index in [0.29, 0.717) is 17.1 Å². The van der Waals surface area contributed by atoms with E-state index in [0.717, 1.165) is 0 Å². The number of carbonyl (C=O) groups excluding carboxylic acids is 1. The summed E-state index contributed by atoms with van der Waals surface area (Å²) in [7, 11) is 4.19. The highest BCUT2D eigenvalue weighted by atomic mass is 16.5. The van der Waals surface area contributed by atoms with E-state index < -0.39 is 12.0 Å². The summed E-state index contributed by atoms with van der Waals surface area (Å²) in [5, 5.41) is 9.50. The minimum Gasteiger partial charge on any atom is -0.508 e. The highest BCUT2D eigenvalue weighted by Gasteiger charge is 2.21. The van der Waals surface area contributed by atoms with Gasteiger partial charge in [0, 0.05) is 18.2 Å². The molecule has 1 atom stereocenters. The molecule has 3 N–H and O–H groups in total. The van der Waals surface area contributed by atoms with Crippen molar-refractivity contribution in [3.8, 4) is 17.2 Å². The van der Waals surface area contributed by atoms with Crippen LogP contribution in [0.5, 0.6) is 17.2 Å². The molecule has 0 aliphatic rings. The molecule has 0 aliphatic heterocycles. The third-order valence-electron chi connectivity index (χ3n) is 2.51. The van der Waals surface area contributed by atoms with Gasteiger partial charge in [-0.2, -0.15) is 0 Å². The fourth-order valence-electron chi connectivity index (χ4n) is 1.66. The Kier molecular flexibility index (Phi) is 4.79. The minimum atomic E-state index is -0.636. The smallest absolute Gasteiger partial charge is 0.307 e. The Labute approximate surface area is 105 Å². The lowest BCUT2D eigenvalue weighted by atomic mass is 10.0. The molecule has 0 bridgehead atoms. The van der Waals surface area contributed by atoms with Gasteiger partial charge >= 0.3 is 5.97 Å². The van der Waals surface area contributed by atoms with Crippen LogP contribution in [0.3, 0.4) is 0 Å². The van der Waals surface area contributed by atoms with Crippen LogP contribution >= 0.6 is 0 Å². The molecule has 0 fully saturated rings. The molecule has 18 heavy (non-hydrogen) atoms. The van der Waals surface area contributed by atoms with Crippen LogP contribution in [0.2, 0.25) is 0 Å². The van der Waals surface area contributed by atoms with E-state index in [2.05, 4.69) is 4.74 Å². The monoisotopic (exact) mass is 255 g/mol. The SMILES string of the molecule is COC(=O)C[C@@H](N)c1c(OC)cc(O)cc1OC. The molecule has 100 valence electrons. The number of phenolic OH excluding ortho intramolecular Hbond substituents is 1. The van der Waals surface area contributed by atoms with Crippen molar-refractivity contribution < 1.29 is 24.1 Å². The molecule has 0 amide bonds. The van der Waals surface area contributed by atoms with Crippen LogP contribution < -0.4 is 15.2 Å². The van der Waals surface area contributed by atoms with Crippen LogP contribution in [0.25, 0.3) is 0 Å². The molecule has 0 aromatic heterocycles. The van der Waals surface area contributed by atoms with E-state index in [1.54, 1.807) is 0 Å². The Morgan fingerprint density at radius 3 is 2.17 bits per heavy atom. The maximum atomic E-state index is 11.2. The molecule has 0 heterocycles. The van der Waals surface area contributed by atoms with Gasteiger partial charge in [0.1, 0.15) is 17.2 Å². The topological polar surface area (TPSA) is 91.0 Å². The number of benzene rings is 1. The number of methoxy groups -OCH3 is 3. The molecule has 1 rings (SSSR count). The molecule has 1 aromatic carbocycles. The first-order valence-electron chi connectivity index (χ1n) is 5.30. The first-order chi connectivity index (χ1) is 8.53. The van der Waals surface area contributed by atoms with E-state index >= 15 is 0 Å². The maximum Gasteiger partial charge on any atom is 0.307 e. The van der Waals surface area contributed by atoms with Gasteiger partial charge in [0.05, 0.1) is 33.3 Å². The quantitative estimate of drug-likeness (QED) is 0.762. The lowest BCUT2D eigenvalue weighted by Gasteiger charge is -2.18. The van der Waals surface area contributed by atoms with Crippen molar-refractivity contribution in [2.45, 2.75) is 12.5 Å². The summed E-state index contributed by atoms with van der Waals surface area (Å²) < 4.78 is 14.8. The van der Waals surface area contributed by atoms with Crippen molar-refractivity contribution in [2.24, 2.45) is 5.73 Å². The molecule has 0 spiro atoms. The number of aromatic hydroxyl groups is 1. The zero-order valence-electron chi connectivity index (χ0n) is 10.6. The fraction of sp³-hybridized carbons (Fsp3) is 0.417. The lowest BCUT2D eigenvalue weighted by molar-refractivity contribution is -0.141. The molecular formula is C12H17NO5. The van der Waals surface area contributed by atoms with Gasteiger partial charge in [-0.05, 0) is 0 Å². The van der Waals surface area contributed by atoms with Gasteiger partial charge in [-0.15, -0.1) is 0 Å². The number of nitrogens with two attached hydrogens (primary N) is 1. The molecule has 0 unspecified atom stereocenters. The normalized spacial score (nSPS) is 11.8. The van der Waals surface area contributed by atoms with Gasteiger partial charge in [-0.3, -0.25) is 4.79 Å². The van der Waals surface area contributed by atoms with Crippen LogP contribution in [0.4, 0.5) is 0 Å². The Morgan fingerprint density at radius 1 is 1.28 bits per heavy atom. The fourth-order valence-corrected chi connectivity index (χ4v) is 1.66. The Bertz CT molecular complexity index is 407. The minimum absolute atomic E-state index is 0.00211. The zero-order valence-corrected chi connectivity index (χ0v) is 10.6. The lowest BCUT2D eigenvalue weighted by Crippen LogP contribution is -2.18. The van der Waals surface area contributed by atoms with Gasteiger partial charge in [0.25, 0.3) is 0 Å². The number of esters is 1. The predicted octanol–water partition coefficient (Wildman–Crippen LogP) is 0.972. The van der Waals surface area contributed by atoms with Crippen LogP contribution in [0.15, 0.2) is 12.1 Å². The third-order valence-corrected chi connectivity index (χ3v) is 2.51. The van der Waals surface area contributed by atoms with Crippen LogP contribution in [0, 0.1) is 0 Å². The highest BCUT2D eigenvalue weighted by molar-refractivity contribution is 5.71. The van der Waals surface area contributed by atoms with Gasteiger partial charge in [0.2, 0.25) is 0 Å². The second-order valence-electron chi connectivity index (χ2n) is 3.65. The molecule has 0 saturated heterocycles.